The highest BCUT2D eigenvalue weighted by Gasteiger charge is 2.38. The van der Waals surface area contributed by atoms with Crippen LogP contribution < -0.4 is 5.32 Å². The van der Waals surface area contributed by atoms with E-state index < -0.39 is 5.97 Å². The van der Waals surface area contributed by atoms with Crippen molar-refractivity contribution >= 4 is 23.5 Å². The molecule has 0 aliphatic heterocycles. The quantitative estimate of drug-likeness (QED) is 0.869. The fourth-order valence-corrected chi connectivity index (χ4v) is 3.00. The van der Waals surface area contributed by atoms with Crippen LogP contribution in [0.5, 0.6) is 0 Å². The predicted molar refractivity (Wildman–Crippen MR) is 88.3 cm³/mol. The van der Waals surface area contributed by atoms with E-state index in [0.717, 1.165) is 31.0 Å². The average molecular weight is 346 g/mol. The van der Waals surface area contributed by atoms with Gasteiger partial charge in [0.15, 0.2) is 5.69 Å². The molecule has 7 heteroatoms. The number of amides is 1. The summed E-state index contributed by atoms with van der Waals surface area (Å²) in [6, 6.07) is 7.70. The first kappa shape index (κ1) is 16.4. The number of rotatable bonds is 5. The predicted octanol–water partition coefficient (Wildman–Crippen LogP) is 2.68. The van der Waals surface area contributed by atoms with Gasteiger partial charge in [-0.25, -0.2) is 14.8 Å². The first-order valence-corrected chi connectivity index (χ1v) is 7.98. The number of nitrogens with one attached hydrogen (secondary N) is 1. The van der Waals surface area contributed by atoms with Gasteiger partial charge in [0.1, 0.15) is 5.69 Å². The normalized spacial score (nSPS) is 15.4. The van der Waals surface area contributed by atoms with Crippen molar-refractivity contribution in [3.8, 4) is 0 Å². The number of halogens is 1. The van der Waals surface area contributed by atoms with Crippen molar-refractivity contribution in [3.63, 3.8) is 0 Å². The summed E-state index contributed by atoms with van der Waals surface area (Å²) in [5, 5.41) is 12.4. The van der Waals surface area contributed by atoms with Crippen LogP contribution in [0.3, 0.4) is 0 Å². The zero-order valence-corrected chi connectivity index (χ0v) is 13.6. The molecule has 0 atom stereocenters. The van der Waals surface area contributed by atoms with Crippen molar-refractivity contribution < 1.29 is 14.7 Å². The SMILES string of the molecule is O=C(O)c1cnc(C(=O)NCC2(c3ccc(Cl)cc3)CCC2)cn1. The summed E-state index contributed by atoms with van der Waals surface area (Å²) in [4.78, 5) is 30.5. The van der Waals surface area contributed by atoms with Crippen LogP contribution >= 0.6 is 11.6 Å². The average Bonchev–Trinajstić information content (AvgIpc) is 2.55. The van der Waals surface area contributed by atoms with Gasteiger partial charge < -0.3 is 10.4 Å². The van der Waals surface area contributed by atoms with Gasteiger partial charge in [-0.2, -0.15) is 0 Å². The lowest BCUT2D eigenvalue weighted by molar-refractivity contribution is 0.0689. The summed E-state index contributed by atoms with van der Waals surface area (Å²) in [5.41, 5.74) is 0.994. The van der Waals surface area contributed by atoms with E-state index in [9.17, 15) is 9.59 Å². The van der Waals surface area contributed by atoms with Crippen LogP contribution in [0.1, 0.15) is 45.8 Å². The van der Waals surface area contributed by atoms with Crippen LogP contribution in [0.2, 0.25) is 5.02 Å². The minimum Gasteiger partial charge on any atom is -0.476 e. The molecule has 1 aliphatic carbocycles. The maximum Gasteiger partial charge on any atom is 0.356 e. The van der Waals surface area contributed by atoms with Gasteiger partial charge in [-0.3, -0.25) is 4.79 Å². The Labute approximate surface area is 143 Å². The summed E-state index contributed by atoms with van der Waals surface area (Å²) in [6.45, 7) is 0.496. The molecular formula is C17H16ClN3O3. The van der Waals surface area contributed by atoms with Crippen molar-refractivity contribution in [2.75, 3.05) is 6.54 Å². The molecule has 24 heavy (non-hydrogen) atoms. The lowest BCUT2D eigenvalue weighted by Crippen LogP contribution is -2.45. The lowest BCUT2D eigenvalue weighted by Gasteiger charge is -2.42. The molecule has 3 rings (SSSR count). The van der Waals surface area contributed by atoms with E-state index in [1.807, 2.05) is 24.3 Å². The monoisotopic (exact) mass is 345 g/mol. The molecule has 1 aromatic heterocycles. The number of nitrogens with zero attached hydrogens (tertiary/aromatic N) is 2. The number of carboxylic acids is 1. The Morgan fingerprint density at radius 3 is 2.25 bits per heavy atom. The fraction of sp³-hybridized carbons (Fsp3) is 0.294. The molecule has 1 aliphatic rings. The molecule has 1 amide bonds. The third-order valence-electron chi connectivity index (χ3n) is 4.46. The summed E-state index contributed by atoms with van der Waals surface area (Å²) in [5.74, 6) is -1.54. The van der Waals surface area contributed by atoms with Crippen LogP contribution in [-0.4, -0.2) is 33.5 Å². The molecule has 1 saturated carbocycles. The van der Waals surface area contributed by atoms with Crippen LogP contribution in [0, 0.1) is 0 Å². The smallest absolute Gasteiger partial charge is 0.356 e. The van der Waals surface area contributed by atoms with Crippen LogP contribution in [0.25, 0.3) is 0 Å². The number of benzene rings is 1. The molecule has 2 N–H and O–H groups in total. The first-order valence-electron chi connectivity index (χ1n) is 7.60. The van der Waals surface area contributed by atoms with Gasteiger partial charge >= 0.3 is 5.97 Å². The highest BCUT2D eigenvalue weighted by molar-refractivity contribution is 6.30. The third kappa shape index (κ3) is 3.23. The van der Waals surface area contributed by atoms with Gasteiger partial charge in [0.05, 0.1) is 12.4 Å². The largest absolute Gasteiger partial charge is 0.476 e. The Balaban J connectivity index is 1.68. The Hall–Kier alpha value is -2.47. The first-order chi connectivity index (χ1) is 11.5. The summed E-state index contributed by atoms with van der Waals surface area (Å²) in [6.07, 6.45) is 5.37. The number of carboxylic acid groups (broad SMARTS) is 1. The summed E-state index contributed by atoms with van der Waals surface area (Å²) >= 11 is 5.94. The van der Waals surface area contributed by atoms with E-state index in [1.54, 1.807) is 0 Å². The van der Waals surface area contributed by atoms with Gasteiger partial charge in [-0.15, -0.1) is 0 Å². The molecule has 1 aromatic carbocycles. The zero-order chi connectivity index (χ0) is 17.2. The van der Waals surface area contributed by atoms with Crippen LogP contribution in [0.4, 0.5) is 0 Å². The van der Waals surface area contributed by atoms with E-state index >= 15 is 0 Å². The van der Waals surface area contributed by atoms with E-state index in [1.165, 1.54) is 6.20 Å². The minimum atomic E-state index is -1.18. The Morgan fingerprint density at radius 2 is 1.75 bits per heavy atom. The summed E-state index contributed by atoms with van der Waals surface area (Å²) in [7, 11) is 0. The second-order valence-electron chi connectivity index (χ2n) is 5.92. The van der Waals surface area contributed by atoms with Crippen molar-refractivity contribution in [2.24, 2.45) is 0 Å². The van der Waals surface area contributed by atoms with E-state index in [0.29, 0.717) is 11.6 Å². The Bertz CT molecular complexity index is 756. The lowest BCUT2D eigenvalue weighted by atomic mass is 9.64. The summed E-state index contributed by atoms with van der Waals surface area (Å²) < 4.78 is 0. The molecule has 0 radical (unpaired) electrons. The fourth-order valence-electron chi connectivity index (χ4n) is 2.87. The third-order valence-corrected chi connectivity index (χ3v) is 4.71. The van der Waals surface area contributed by atoms with Gasteiger partial charge in [-0.05, 0) is 30.5 Å². The molecule has 1 heterocycles. The van der Waals surface area contributed by atoms with Crippen molar-refractivity contribution in [3.05, 3.63) is 58.6 Å². The van der Waals surface area contributed by atoms with Gasteiger partial charge in [-0.1, -0.05) is 30.2 Å². The Kier molecular flexibility index (Phi) is 4.49. The number of hydrogen-bond acceptors (Lipinski definition) is 4. The zero-order valence-electron chi connectivity index (χ0n) is 12.8. The number of carbonyl (C=O) groups is 2. The molecule has 0 saturated heterocycles. The van der Waals surface area contributed by atoms with E-state index in [2.05, 4.69) is 15.3 Å². The molecule has 0 spiro atoms. The molecule has 0 bridgehead atoms. The molecule has 6 nitrogen and oxygen atoms in total. The van der Waals surface area contributed by atoms with E-state index in [-0.39, 0.29) is 22.7 Å². The van der Waals surface area contributed by atoms with Gasteiger partial charge in [0, 0.05) is 17.0 Å². The molecule has 2 aromatic rings. The molecule has 124 valence electrons. The number of carbonyl (C=O) groups excluding carboxylic acids is 1. The van der Waals surface area contributed by atoms with Crippen molar-refractivity contribution in [1.29, 1.82) is 0 Å². The van der Waals surface area contributed by atoms with Crippen molar-refractivity contribution in [2.45, 2.75) is 24.7 Å². The number of aromatic nitrogens is 2. The highest BCUT2D eigenvalue weighted by Crippen LogP contribution is 2.43. The highest BCUT2D eigenvalue weighted by atomic mass is 35.5. The topological polar surface area (TPSA) is 92.2 Å². The molecule has 0 unspecified atom stereocenters. The van der Waals surface area contributed by atoms with Crippen LogP contribution in [0.15, 0.2) is 36.7 Å². The van der Waals surface area contributed by atoms with E-state index in [4.69, 9.17) is 16.7 Å². The number of aromatic carboxylic acids is 1. The van der Waals surface area contributed by atoms with Crippen molar-refractivity contribution in [1.82, 2.24) is 15.3 Å². The number of hydrogen-bond donors (Lipinski definition) is 2. The maximum atomic E-state index is 12.2. The minimum absolute atomic E-state index is 0.0747. The van der Waals surface area contributed by atoms with Gasteiger partial charge in [0.25, 0.3) is 5.91 Å². The Morgan fingerprint density at radius 1 is 1.12 bits per heavy atom. The van der Waals surface area contributed by atoms with Crippen LogP contribution in [-0.2, 0) is 5.41 Å². The second-order valence-corrected chi connectivity index (χ2v) is 6.35. The van der Waals surface area contributed by atoms with Gasteiger partial charge in [0.2, 0.25) is 0 Å². The standard InChI is InChI=1S/C17H16ClN3O3/c18-12-4-2-11(3-5-12)17(6-1-7-17)10-21-15(22)13-8-20-14(9-19-13)16(23)24/h2-5,8-9H,1,6-7,10H2,(H,21,22)(H,23,24). The maximum absolute atomic E-state index is 12.2. The second kappa shape index (κ2) is 6.57. The molecule has 1 fully saturated rings. The molecular weight excluding hydrogens is 330 g/mol.